The number of hydrogen-bond acceptors (Lipinski definition) is 7. The third-order valence-electron chi connectivity index (χ3n) is 4.27. The van der Waals surface area contributed by atoms with E-state index >= 15 is 0 Å². The van der Waals surface area contributed by atoms with Crippen molar-refractivity contribution >= 4 is 55.6 Å². The maximum Gasteiger partial charge on any atom is 0.270 e. The van der Waals surface area contributed by atoms with E-state index in [4.69, 9.17) is 4.74 Å². The lowest BCUT2D eigenvalue weighted by Gasteiger charge is -2.28. The van der Waals surface area contributed by atoms with Crippen molar-refractivity contribution in [2.24, 2.45) is 0 Å². The minimum absolute atomic E-state index is 0.0396. The van der Waals surface area contributed by atoms with Gasteiger partial charge in [-0.15, -0.1) is 11.3 Å². The quantitative estimate of drug-likeness (QED) is 0.430. The van der Waals surface area contributed by atoms with E-state index in [2.05, 4.69) is 26.2 Å². The van der Waals surface area contributed by atoms with Crippen LogP contribution in [0.5, 0.6) is 5.75 Å². The van der Waals surface area contributed by atoms with Gasteiger partial charge in [-0.1, -0.05) is 28.1 Å². The highest BCUT2D eigenvalue weighted by molar-refractivity contribution is 9.10. The number of carbonyl (C=O) groups is 2. The Morgan fingerprint density at radius 3 is 2.97 bits per heavy atom. The maximum atomic E-state index is 12.5. The van der Waals surface area contributed by atoms with Crippen molar-refractivity contribution in [1.29, 1.82) is 0 Å². The molecule has 0 radical (unpaired) electrons. The van der Waals surface area contributed by atoms with E-state index in [1.54, 1.807) is 35.7 Å². The molecule has 1 aromatic heterocycles. The van der Waals surface area contributed by atoms with Gasteiger partial charge in [0.2, 0.25) is 5.91 Å². The molecule has 30 heavy (non-hydrogen) atoms. The van der Waals surface area contributed by atoms with Crippen LogP contribution in [-0.2, 0) is 9.59 Å². The number of anilines is 2. The van der Waals surface area contributed by atoms with Crippen LogP contribution in [0.25, 0.3) is 11.3 Å². The monoisotopic (exact) mass is 488 g/mol. The summed E-state index contributed by atoms with van der Waals surface area (Å²) in [5.41, 5.74) is 1.56. The van der Waals surface area contributed by atoms with E-state index in [0.717, 1.165) is 4.47 Å². The molecule has 9 nitrogen and oxygen atoms in total. The Morgan fingerprint density at radius 1 is 1.33 bits per heavy atom. The summed E-state index contributed by atoms with van der Waals surface area (Å²) in [6.07, 6.45) is 0. The van der Waals surface area contributed by atoms with Crippen molar-refractivity contribution < 1.29 is 19.2 Å². The van der Waals surface area contributed by atoms with Gasteiger partial charge >= 0.3 is 0 Å². The van der Waals surface area contributed by atoms with E-state index in [-0.39, 0.29) is 24.7 Å². The first-order valence-corrected chi connectivity index (χ1v) is 10.3. The second kappa shape index (κ2) is 8.20. The highest BCUT2D eigenvalue weighted by atomic mass is 79.9. The van der Waals surface area contributed by atoms with Gasteiger partial charge in [-0.3, -0.25) is 24.6 Å². The van der Waals surface area contributed by atoms with Gasteiger partial charge in [0.15, 0.2) is 11.7 Å². The molecule has 152 valence electrons. The molecule has 0 atom stereocenters. The first-order valence-electron chi connectivity index (χ1n) is 8.63. The first-order chi connectivity index (χ1) is 14.4. The number of non-ortho nitro benzene ring substituents is 1. The second-order valence-corrected chi connectivity index (χ2v) is 8.05. The molecule has 4 rings (SSSR count). The average molecular weight is 489 g/mol. The molecule has 3 aromatic rings. The molecule has 11 heteroatoms. The molecule has 0 saturated heterocycles. The van der Waals surface area contributed by atoms with Crippen LogP contribution in [0.4, 0.5) is 16.5 Å². The molecule has 2 aromatic carbocycles. The number of ether oxygens (including phenoxy) is 1. The lowest BCUT2D eigenvalue weighted by molar-refractivity contribution is -0.384. The Morgan fingerprint density at radius 2 is 2.17 bits per heavy atom. The van der Waals surface area contributed by atoms with E-state index in [9.17, 15) is 19.7 Å². The summed E-state index contributed by atoms with van der Waals surface area (Å²) in [5, 5.41) is 15.6. The van der Waals surface area contributed by atoms with Crippen LogP contribution in [0, 0.1) is 10.1 Å². The van der Waals surface area contributed by atoms with Crippen LogP contribution in [0.15, 0.2) is 52.3 Å². The predicted molar refractivity (Wildman–Crippen MR) is 115 cm³/mol. The van der Waals surface area contributed by atoms with Crippen molar-refractivity contribution in [2.75, 3.05) is 23.4 Å². The largest absolute Gasteiger partial charge is 0.482 e. The third kappa shape index (κ3) is 4.16. The van der Waals surface area contributed by atoms with E-state index in [1.807, 2.05) is 0 Å². The van der Waals surface area contributed by atoms with Gasteiger partial charge in [0.05, 0.1) is 16.3 Å². The Kier molecular flexibility index (Phi) is 5.46. The first kappa shape index (κ1) is 20.0. The molecular formula is C19H13BrN4O5S. The predicted octanol–water partition coefficient (Wildman–Crippen LogP) is 3.84. The highest BCUT2D eigenvalue weighted by Gasteiger charge is 2.27. The van der Waals surface area contributed by atoms with Crippen LogP contribution in [0.1, 0.15) is 0 Å². The van der Waals surface area contributed by atoms with E-state index in [0.29, 0.717) is 27.8 Å². The Hall–Kier alpha value is -3.31. The molecule has 0 saturated carbocycles. The molecule has 2 amide bonds. The number of carbonyl (C=O) groups excluding carboxylic acids is 2. The summed E-state index contributed by atoms with van der Waals surface area (Å²) >= 11 is 4.54. The average Bonchev–Trinajstić information content (AvgIpc) is 3.18. The number of nitro groups is 1. The number of halogens is 1. The standard InChI is InChI=1S/C19H13BrN4O5S/c20-12-4-5-15-16(7-12)29-9-18(26)23(15)8-17(25)22-19-21-14(10-30-19)11-2-1-3-13(6-11)24(27)28/h1-7,10H,8-9H2,(H,21,22,25). The number of hydrogen-bond donors (Lipinski definition) is 1. The molecule has 0 bridgehead atoms. The molecule has 2 heterocycles. The van der Waals surface area contributed by atoms with Gasteiger partial charge in [-0.2, -0.15) is 0 Å². The van der Waals surface area contributed by atoms with Crippen LogP contribution in [0.2, 0.25) is 0 Å². The van der Waals surface area contributed by atoms with Gasteiger partial charge < -0.3 is 10.1 Å². The van der Waals surface area contributed by atoms with Crippen LogP contribution in [0.3, 0.4) is 0 Å². The number of amides is 2. The van der Waals surface area contributed by atoms with E-state index < -0.39 is 10.8 Å². The number of nitrogens with zero attached hydrogens (tertiary/aromatic N) is 3. The summed E-state index contributed by atoms with van der Waals surface area (Å²) in [4.78, 5) is 40.9. The summed E-state index contributed by atoms with van der Waals surface area (Å²) in [6.45, 7) is -0.340. The van der Waals surface area contributed by atoms with Gasteiger partial charge in [-0.05, 0) is 18.2 Å². The number of aromatic nitrogens is 1. The molecule has 0 unspecified atom stereocenters. The van der Waals surface area contributed by atoms with Crippen molar-refractivity contribution in [3.8, 4) is 17.0 Å². The number of benzene rings is 2. The maximum absolute atomic E-state index is 12.5. The van der Waals surface area contributed by atoms with Crippen LogP contribution >= 0.6 is 27.3 Å². The zero-order valence-corrected chi connectivity index (χ0v) is 17.6. The summed E-state index contributed by atoms with van der Waals surface area (Å²) in [6, 6.07) is 11.3. The fourth-order valence-electron chi connectivity index (χ4n) is 2.90. The summed E-state index contributed by atoms with van der Waals surface area (Å²) < 4.78 is 6.22. The SMILES string of the molecule is O=C(CN1C(=O)COc2cc(Br)ccc21)Nc1nc(-c2cccc([N+](=O)[O-])c2)cs1. The number of thiazole rings is 1. The number of rotatable bonds is 5. The minimum Gasteiger partial charge on any atom is -0.482 e. The molecule has 1 N–H and O–H groups in total. The number of nitro benzene ring substituents is 1. The van der Waals surface area contributed by atoms with Crippen molar-refractivity contribution in [1.82, 2.24) is 4.98 Å². The number of nitrogens with one attached hydrogen (secondary N) is 1. The Balaban J connectivity index is 1.48. The molecule has 1 aliphatic heterocycles. The Labute approximate surface area is 182 Å². The highest BCUT2D eigenvalue weighted by Crippen LogP contribution is 2.34. The van der Waals surface area contributed by atoms with Crippen molar-refractivity contribution in [3.63, 3.8) is 0 Å². The second-order valence-electron chi connectivity index (χ2n) is 6.27. The van der Waals surface area contributed by atoms with Gasteiger partial charge in [0, 0.05) is 27.5 Å². The normalized spacial score (nSPS) is 12.8. The molecule has 0 fully saturated rings. The van der Waals surface area contributed by atoms with Gasteiger partial charge in [0.25, 0.3) is 11.6 Å². The van der Waals surface area contributed by atoms with Crippen molar-refractivity contribution in [2.45, 2.75) is 0 Å². The van der Waals surface area contributed by atoms with Gasteiger partial charge in [0.1, 0.15) is 12.3 Å². The molecular weight excluding hydrogens is 476 g/mol. The third-order valence-corrected chi connectivity index (χ3v) is 5.52. The zero-order chi connectivity index (χ0) is 21.3. The Bertz CT molecular complexity index is 1170. The topological polar surface area (TPSA) is 115 Å². The fourth-order valence-corrected chi connectivity index (χ4v) is 3.97. The smallest absolute Gasteiger partial charge is 0.270 e. The van der Waals surface area contributed by atoms with Gasteiger partial charge in [-0.25, -0.2) is 4.98 Å². The lowest BCUT2D eigenvalue weighted by Crippen LogP contribution is -2.43. The van der Waals surface area contributed by atoms with Crippen LogP contribution in [-0.4, -0.2) is 34.9 Å². The molecule has 0 aliphatic carbocycles. The number of fused-ring (bicyclic) bond motifs is 1. The van der Waals surface area contributed by atoms with Crippen LogP contribution < -0.4 is 15.0 Å². The lowest BCUT2D eigenvalue weighted by atomic mass is 10.1. The zero-order valence-electron chi connectivity index (χ0n) is 15.2. The minimum atomic E-state index is -0.478. The molecule has 1 aliphatic rings. The van der Waals surface area contributed by atoms with E-state index in [1.165, 1.54) is 28.4 Å². The summed E-state index contributed by atoms with van der Waals surface area (Å²) in [5.74, 6) is -0.227. The fraction of sp³-hybridized carbons (Fsp3) is 0.105. The summed E-state index contributed by atoms with van der Waals surface area (Å²) in [7, 11) is 0. The molecule has 0 spiro atoms. The van der Waals surface area contributed by atoms with Crippen molar-refractivity contribution in [3.05, 3.63) is 62.4 Å².